The Bertz CT molecular complexity index is 512. The van der Waals surface area contributed by atoms with Crippen molar-refractivity contribution in [2.75, 3.05) is 25.5 Å². The van der Waals surface area contributed by atoms with Crippen molar-refractivity contribution in [3.63, 3.8) is 0 Å². The average molecular weight is 292 g/mol. The van der Waals surface area contributed by atoms with Gasteiger partial charge in [0.25, 0.3) is 0 Å². The van der Waals surface area contributed by atoms with Crippen LogP contribution in [-0.4, -0.2) is 48.3 Å². The number of carbonyl (C=O) groups is 2. The number of aromatic carboxylic acids is 1. The summed E-state index contributed by atoms with van der Waals surface area (Å²) in [6.07, 6.45) is 3.19. The highest BCUT2D eigenvalue weighted by Crippen LogP contribution is 2.17. The lowest BCUT2D eigenvalue weighted by atomic mass is 10.1. The van der Waals surface area contributed by atoms with Crippen LogP contribution in [0.3, 0.4) is 0 Å². The minimum absolute atomic E-state index is 0.0595. The molecule has 2 amide bonds. The number of anilines is 1. The number of hydrogen-bond donors (Lipinski definition) is 2. The number of carboxylic acids is 1. The first-order valence-electron chi connectivity index (χ1n) is 7.04. The fourth-order valence-electron chi connectivity index (χ4n) is 2.33. The van der Waals surface area contributed by atoms with Crippen molar-refractivity contribution in [1.82, 2.24) is 4.90 Å². The zero-order valence-corrected chi connectivity index (χ0v) is 12.0. The Kier molecular flexibility index (Phi) is 5.16. The van der Waals surface area contributed by atoms with E-state index in [1.165, 1.54) is 11.0 Å². The van der Waals surface area contributed by atoms with E-state index in [2.05, 4.69) is 5.32 Å². The highest BCUT2D eigenvalue weighted by molar-refractivity contribution is 5.99. The monoisotopic (exact) mass is 292 g/mol. The maximum absolute atomic E-state index is 12.1. The van der Waals surface area contributed by atoms with Crippen molar-refractivity contribution in [3.8, 4) is 0 Å². The minimum Gasteiger partial charge on any atom is -0.478 e. The summed E-state index contributed by atoms with van der Waals surface area (Å²) in [5, 5.41) is 11.7. The van der Waals surface area contributed by atoms with Gasteiger partial charge >= 0.3 is 12.0 Å². The number of amides is 2. The number of nitrogens with zero attached hydrogens (tertiary/aromatic N) is 1. The summed E-state index contributed by atoms with van der Waals surface area (Å²) in [6, 6.07) is 6.01. The van der Waals surface area contributed by atoms with E-state index < -0.39 is 5.97 Å². The van der Waals surface area contributed by atoms with Crippen LogP contribution in [-0.2, 0) is 4.74 Å². The Morgan fingerprint density at radius 1 is 1.38 bits per heavy atom. The quantitative estimate of drug-likeness (QED) is 0.893. The molecule has 1 aromatic rings. The summed E-state index contributed by atoms with van der Waals surface area (Å²) in [5.41, 5.74) is 0.375. The molecule has 1 atom stereocenters. The Balaban J connectivity index is 1.95. The predicted octanol–water partition coefficient (Wildman–Crippen LogP) is 2.42. The predicted molar refractivity (Wildman–Crippen MR) is 78.6 cm³/mol. The van der Waals surface area contributed by atoms with Crippen LogP contribution in [0, 0.1) is 0 Å². The molecule has 0 bridgehead atoms. The van der Waals surface area contributed by atoms with E-state index in [9.17, 15) is 9.59 Å². The molecule has 6 nitrogen and oxygen atoms in total. The number of carboxylic acid groups (broad SMARTS) is 1. The SMILES string of the molecule is CN(CC1CCCCO1)C(=O)Nc1ccccc1C(=O)O. The van der Waals surface area contributed by atoms with E-state index in [-0.39, 0.29) is 17.7 Å². The molecule has 0 saturated carbocycles. The minimum atomic E-state index is -1.07. The summed E-state index contributed by atoms with van der Waals surface area (Å²) in [5.74, 6) is -1.07. The highest BCUT2D eigenvalue weighted by Gasteiger charge is 2.20. The average Bonchev–Trinajstić information content (AvgIpc) is 2.48. The number of carbonyl (C=O) groups excluding carboxylic acids is 1. The van der Waals surface area contributed by atoms with Crippen LogP contribution in [0.15, 0.2) is 24.3 Å². The van der Waals surface area contributed by atoms with Crippen LogP contribution < -0.4 is 5.32 Å². The summed E-state index contributed by atoms with van der Waals surface area (Å²) in [7, 11) is 1.68. The van der Waals surface area contributed by atoms with E-state index in [0.29, 0.717) is 12.2 Å². The van der Waals surface area contributed by atoms with E-state index in [1.54, 1.807) is 25.2 Å². The molecule has 1 saturated heterocycles. The fraction of sp³-hybridized carbons (Fsp3) is 0.467. The Morgan fingerprint density at radius 2 is 2.14 bits per heavy atom. The first-order chi connectivity index (χ1) is 10.1. The Morgan fingerprint density at radius 3 is 2.81 bits per heavy atom. The number of hydrogen-bond acceptors (Lipinski definition) is 3. The van der Waals surface area contributed by atoms with Crippen LogP contribution in [0.4, 0.5) is 10.5 Å². The van der Waals surface area contributed by atoms with E-state index in [1.807, 2.05) is 0 Å². The van der Waals surface area contributed by atoms with Gasteiger partial charge in [-0.1, -0.05) is 12.1 Å². The molecule has 0 spiro atoms. The van der Waals surface area contributed by atoms with Gasteiger partial charge in [-0.15, -0.1) is 0 Å². The highest BCUT2D eigenvalue weighted by atomic mass is 16.5. The lowest BCUT2D eigenvalue weighted by Gasteiger charge is -2.27. The Hall–Kier alpha value is -2.08. The first-order valence-corrected chi connectivity index (χ1v) is 7.04. The van der Waals surface area contributed by atoms with Crippen molar-refractivity contribution in [3.05, 3.63) is 29.8 Å². The second-order valence-electron chi connectivity index (χ2n) is 5.15. The van der Waals surface area contributed by atoms with Gasteiger partial charge in [0.05, 0.1) is 17.4 Å². The molecular weight excluding hydrogens is 272 g/mol. The largest absolute Gasteiger partial charge is 0.478 e. The third kappa shape index (κ3) is 4.19. The van der Waals surface area contributed by atoms with Gasteiger partial charge in [-0.05, 0) is 31.4 Å². The maximum atomic E-state index is 12.1. The summed E-state index contributed by atoms with van der Waals surface area (Å²) < 4.78 is 5.60. The number of rotatable bonds is 4. The van der Waals surface area contributed by atoms with Crippen molar-refractivity contribution in [1.29, 1.82) is 0 Å². The molecule has 1 aliphatic rings. The molecule has 1 fully saturated rings. The summed E-state index contributed by atoms with van der Waals surface area (Å²) >= 11 is 0. The van der Waals surface area contributed by atoms with Gasteiger partial charge in [0.2, 0.25) is 0 Å². The van der Waals surface area contributed by atoms with Crippen LogP contribution in [0.5, 0.6) is 0 Å². The maximum Gasteiger partial charge on any atom is 0.337 e. The second-order valence-corrected chi connectivity index (χ2v) is 5.15. The summed E-state index contributed by atoms with van der Waals surface area (Å²) in [6.45, 7) is 1.24. The van der Waals surface area contributed by atoms with E-state index in [0.717, 1.165) is 25.9 Å². The third-order valence-corrected chi connectivity index (χ3v) is 3.50. The van der Waals surface area contributed by atoms with Gasteiger partial charge in [-0.3, -0.25) is 0 Å². The van der Waals surface area contributed by atoms with Gasteiger partial charge in [-0.2, -0.15) is 0 Å². The zero-order valence-electron chi connectivity index (χ0n) is 12.0. The first kappa shape index (κ1) is 15.3. The standard InChI is InChI=1S/C15H20N2O4/c1-17(10-11-6-4-5-9-21-11)15(20)16-13-8-3-2-7-12(13)14(18)19/h2-3,7-8,11H,4-6,9-10H2,1H3,(H,16,20)(H,18,19). The van der Waals surface area contributed by atoms with Gasteiger partial charge in [0.1, 0.15) is 0 Å². The molecular formula is C15H20N2O4. The van der Waals surface area contributed by atoms with Gasteiger partial charge in [-0.25, -0.2) is 9.59 Å². The normalized spacial score (nSPS) is 18.0. The molecule has 2 N–H and O–H groups in total. The number of nitrogens with one attached hydrogen (secondary N) is 1. The van der Waals surface area contributed by atoms with Gasteiger partial charge in [0.15, 0.2) is 0 Å². The van der Waals surface area contributed by atoms with Crippen molar-refractivity contribution in [2.24, 2.45) is 0 Å². The third-order valence-electron chi connectivity index (χ3n) is 3.50. The van der Waals surface area contributed by atoms with Crippen LogP contribution in [0.25, 0.3) is 0 Å². The second kappa shape index (κ2) is 7.08. The smallest absolute Gasteiger partial charge is 0.337 e. The topological polar surface area (TPSA) is 78.9 Å². The van der Waals surface area contributed by atoms with Crippen molar-refractivity contribution >= 4 is 17.7 Å². The molecule has 1 aromatic carbocycles. The molecule has 6 heteroatoms. The van der Waals surface area contributed by atoms with Gasteiger partial charge in [0, 0.05) is 20.2 Å². The van der Waals surface area contributed by atoms with Crippen LogP contribution in [0.2, 0.25) is 0 Å². The van der Waals surface area contributed by atoms with Crippen molar-refractivity contribution in [2.45, 2.75) is 25.4 Å². The van der Waals surface area contributed by atoms with Gasteiger partial charge < -0.3 is 20.1 Å². The molecule has 21 heavy (non-hydrogen) atoms. The van der Waals surface area contributed by atoms with E-state index >= 15 is 0 Å². The van der Waals surface area contributed by atoms with Crippen LogP contribution >= 0.6 is 0 Å². The lowest BCUT2D eigenvalue weighted by Crippen LogP contribution is -2.39. The molecule has 114 valence electrons. The van der Waals surface area contributed by atoms with E-state index in [4.69, 9.17) is 9.84 Å². The lowest BCUT2D eigenvalue weighted by molar-refractivity contribution is 0.00463. The number of likely N-dealkylation sites (N-methyl/N-ethyl adjacent to an activating group) is 1. The molecule has 0 radical (unpaired) electrons. The summed E-state index contributed by atoms with van der Waals surface area (Å²) in [4.78, 5) is 24.8. The molecule has 0 aliphatic carbocycles. The number of para-hydroxylation sites is 1. The van der Waals surface area contributed by atoms with Crippen molar-refractivity contribution < 1.29 is 19.4 Å². The molecule has 2 rings (SSSR count). The Labute approximate surface area is 123 Å². The number of urea groups is 1. The van der Waals surface area contributed by atoms with Crippen LogP contribution in [0.1, 0.15) is 29.6 Å². The number of benzene rings is 1. The fourth-order valence-corrected chi connectivity index (χ4v) is 2.33. The molecule has 1 aliphatic heterocycles. The zero-order chi connectivity index (χ0) is 15.2. The molecule has 0 aromatic heterocycles. The molecule has 1 unspecified atom stereocenters. The number of ether oxygens (including phenoxy) is 1. The molecule has 1 heterocycles.